The van der Waals surface area contributed by atoms with E-state index in [0.29, 0.717) is 18.7 Å². The number of ether oxygens (including phenoxy) is 1. The number of carbonyl (C=O) groups excluding carboxylic acids is 1. The third kappa shape index (κ3) is 3.87. The minimum Gasteiger partial charge on any atom is -0.497 e. The third-order valence-electron chi connectivity index (χ3n) is 5.97. The monoisotopic (exact) mass is 420 g/mol. The van der Waals surface area contributed by atoms with Gasteiger partial charge in [-0.2, -0.15) is 0 Å². The second-order valence-corrected chi connectivity index (χ2v) is 7.90. The minimum atomic E-state index is 0.0433. The van der Waals surface area contributed by atoms with Crippen molar-refractivity contribution >= 4 is 22.4 Å². The molecule has 158 valence electrons. The summed E-state index contributed by atoms with van der Waals surface area (Å²) in [6.45, 7) is 1.31. The van der Waals surface area contributed by atoms with Crippen LogP contribution in [0.15, 0.2) is 91.0 Å². The largest absolute Gasteiger partial charge is 0.497 e. The minimum absolute atomic E-state index is 0.0433. The molecule has 0 unspecified atom stereocenters. The number of benzene rings is 3. The van der Waals surface area contributed by atoms with E-state index >= 15 is 0 Å². The van der Waals surface area contributed by atoms with Crippen molar-refractivity contribution in [3.05, 3.63) is 102 Å². The summed E-state index contributed by atoms with van der Waals surface area (Å²) in [7, 11) is 1.65. The average molecular weight is 421 g/mol. The fourth-order valence-corrected chi connectivity index (χ4v) is 4.20. The number of para-hydroxylation sites is 1. The van der Waals surface area contributed by atoms with E-state index in [2.05, 4.69) is 30.3 Å². The van der Waals surface area contributed by atoms with Crippen LogP contribution in [0.25, 0.3) is 27.7 Å². The highest BCUT2D eigenvalue weighted by Crippen LogP contribution is 2.29. The molecule has 1 amide bonds. The molecular formula is C28H24N2O2. The highest BCUT2D eigenvalue weighted by atomic mass is 16.5. The van der Waals surface area contributed by atoms with Gasteiger partial charge in [-0.3, -0.25) is 4.79 Å². The molecule has 1 aliphatic rings. The van der Waals surface area contributed by atoms with Crippen molar-refractivity contribution in [2.24, 2.45) is 0 Å². The molecule has 4 aromatic rings. The van der Waals surface area contributed by atoms with Gasteiger partial charge in [0.1, 0.15) is 5.75 Å². The Morgan fingerprint density at radius 3 is 2.38 bits per heavy atom. The predicted octanol–water partition coefficient (Wildman–Crippen LogP) is 5.84. The maximum Gasteiger partial charge on any atom is 0.254 e. The van der Waals surface area contributed by atoms with Crippen LogP contribution in [0.2, 0.25) is 0 Å². The Labute approximate surface area is 187 Å². The second-order valence-electron chi connectivity index (χ2n) is 7.90. The zero-order valence-electron chi connectivity index (χ0n) is 18.0. The molecule has 0 spiro atoms. The molecule has 1 aliphatic heterocycles. The van der Waals surface area contributed by atoms with Gasteiger partial charge in [0.2, 0.25) is 0 Å². The summed E-state index contributed by atoms with van der Waals surface area (Å²) in [6, 6.07) is 27.9. The van der Waals surface area contributed by atoms with Gasteiger partial charge < -0.3 is 9.64 Å². The van der Waals surface area contributed by atoms with E-state index in [9.17, 15) is 4.79 Å². The molecule has 4 heteroatoms. The molecule has 0 saturated heterocycles. The van der Waals surface area contributed by atoms with E-state index in [1.54, 1.807) is 7.11 Å². The molecule has 0 saturated carbocycles. The SMILES string of the molecule is COc1ccc(-c2cc(C(=O)N3CC=C(c4ccccc4)CC3)c3ccccc3n2)cc1. The lowest BCUT2D eigenvalue weighted by Gasteiger charge is -2.27. The lowest BCUT2D eigenvalue weighted by Crippen LogP contribution is -2.34. The first-order valence-corrected chi connectivity index (χ1v) is 10.8. The summed E-state index contributed by atoms with van der Waals surface area (Å²) in [6.07, 6.45) is 3.02. The molecule has 0 fully saturated rings. The molecule has 0 N–H and O–H groups in total. The van der Waals surface area contributed by atoms with E-state index in [1.807, 2.05) is 65.6 Å². The molecule has 2 heterocycles. The van der Waals surface area contributed by atoms with Crippen LogP contribution < -0.4 is 4.74 Å². The summed E-state index contributed by atoms with van der Waals surface area (Å²) in [5.74, 6) is 0.835. The van der Waals surface area contributed by atoms with Crippen LogP contribution >= 0.6 is 0 Å². The van der Waals surface area contributed by atoms with Crippen LogP contribution in [0.3, 0.4) is 0 Å². The van der Waals surface area contributed by atoms with Gasteiger partial charge in [0.25, 0.3) is 5.91 Å². The van der Waals surface area contributed by atoms with Crippen molar-refractivity contribution < 1.29 is 9.53 Å². The molecule has 0 atom stereocenters. The van der Waals surface area contributed by atoms with Gasteiger partial charge in [-0.05, 0) is 54.0 Å². The number of aromatic nitrogens is 1. The Hall–Kier alpha value is -3.92. The summed E-state index contributed by atoms with van der Waals surface area (Å²) >= 11 is 0. The van der Waals surface area contributed by atoms with Crippen LogP contribution in [0.4, 0.5) is 0 Å². The van der Waals surface area contributed by atoms with Crippen LogP contribution in [-0.2, 0) is 0 Å². The van der Waals surface area contributed by atoms with Gasteiger partial charge in [0, 0.05) is 24.0 Å². The molecule has 32 heavy (non-hydrogen) atoms. The van der Waals surface area contributed by atoms with E-state index < -0.39 is 0 Å². The van der Waals surface area contributed by atoms with Crippen LogP contribution in [0, 0.1) is 0 Å². The Bertz CT molecular complexity index is 1290. The summed E-state index contributed by atoms with van der Waals surface area (Å²) < 4.78 is 5.27. The molecule has 0 bridgehead atoms. The van der Waals surface area contributed by atoms with Crippen molar-refractivity contribution in [3.63, 3.8) is 0 Å². The summed E-state index contributed by atoms with van der Waals surface area (Å²) in [4.78, 5) is 20.3. The van der Waals surface area contributed by atoms with Gasteiger partial charge in [0.05, 0.1) is 23.9 Å². The highest BCUT2D eigenvalue weighted by molar-refractivity contribution is 6.07. The first-order valence-electron chi connectivity index (χ1n) is 10.8. The van der Waals surface area contributed by atoms with Crippen molar-refractivity contribution in [1.82, 2.24) is 9.88 Å². The molecule has 4 nitrogen and oxygen atoms in total. The third-order valence-corrected chi connectivity index (χ3v) is 5.97. The van der Waals surface area contributed by atoms with Crippen molar-refractivity contribution in [2.45, 2.75) is 6.42 Å². The summed E-state index contributed by atoms with van der Waals surface area (Å²) in [5, 5.41) is 0.882. The van der Waals surface area contributed by atoms with Gasteiger partial charge in [0.15, 0.2) is 0 Å². The molecule has 0 radical (unpaired) electrons. The van der Waals surface area contributed by atoms with Gasteiger partial charge in [-0.15, -0.1) is 0 Å². The van der Waals surface area contributed by atoms with E-state index in [0.717, 1.165) is 34.3 Å². The van der Waals surface area contributed by atoms with E-state index in [-0.39, 0.29) is 5.91 Å². The number of rotatable bonds is 4. The zero-order valence-corrected chi connectivity index (χ0v) is 18.0. The first kappa shape index (κ1) is 20.0. The van der Waals surface area contributed by atoms with E-state index in [4.69, 9.17) is 9.72 Å². The number of nitrogens with zero attached hydrogens (tertiary/aromatic N) is 2. The highest BCUT2D eigenvalue weighted by Gasteiger charge is 2.22. The molecular weight excluding hydrogens is 396 g/mol. The molecule has 3 aromatic carbocycles. The first-order chi connectivity index (χ1) is 15.7. The van der Waals surface area contributed by atoms with Gasteiger partial charge >= 0.3 is 0 Å². The Morgan fingerprint density at radius 2 is 1.66 bits per heavy atom. The number of hydrogen-bond acceptors (Lipinski definition) is 3. The van der Waals surface area contributed by atoms with Gasteiger partial charge in [-0.25, -0.2) is 4.98 Å². The zero-order chi connectivity index (χ0) is 21.9. The van der Waals surface area contributed by atoms with E-state index in [1.165, 1.54) is 11.1 Å². The lowest BCUT2D eigenvalue weighted by atomic mass is 9.98. The average Bonchev–Trinajstić information content (AvgIpc) is 2.88. The van der Waals surface area contributed by atoms with Crippen LogP contribution in [-0.4, -0.2) is 36.0 Å². The number of pyridine rings is 1. The topological polar surface area (TPSA) is 42.4 Å². The Kier molecular flexibility index (Phi) is 5.42. The predicted molar refractivity (Wildman–Crippen MR) is 129 cm³/mol. The number of hydrogen-bond donors (Lipinski definition) is 0. The molecule has 5 rings (SSSR count). The Morgan fingerprint density at radius 1 is 0.906 bits per heavy atom. The molecule has 1 aromatic heterocycles. The second kappa shape index (κ2) is 8.67. The number of fused-ring (bicyclic) bond motifs is 1. The standard InChI is InChI=1S/C28H24N2O2/c1-32-23-13-11-22(12-14-23)27-19-25(24-9-5-6-10-26(24)29-27)28(31)30-17-15-21(16-18-30)20-7-3-2-4-8-20/h2-15,19H,16-18H2,1H3. The quantitative estimate of drug-likeness (QED) is 0.417. The van der Waals surface area contributed by atoms with Crippen LogP contribution in [0.5, 0.6) is 5.75 Å². The number of carbonyl (C=O) groups is 1. The maximum atomic E-state index is 13.6. The van der Waals surface area contributed by atoms with Crippen LogP contribution in [0.1, 0.15) is 22.3 Å². The lowest BCUT2D eigenvalue weighted by molar-refractivity contribution is 0.0775. The van der Waals surface area contributed by atoms with Gasteiger partial charge in [-0.1, -0.05) is 54.6 Å². The van der Waals surface area contributed by atoms with Crippen molar-refractivity contribution in [2.75, 3.05) is 20.2 Å². The fraction of sp³-hybridized carbons (Fsp3) is 0.143. The number of amides is 1. The Balaban J connectivity index is 1.49. The molecule has 0 aliphatic carbocycles. The fourth-order valence-electron chi connectivity index (χ4n) is 4.20. The van der Waals surface area contributed by atoms with Crippen molar-refractivity contribution in [1.29, 1.82) is 0 Å². The maximum absolute atomic E-state index is 13.6. The summed E-state index contributed by atoms with van der Waals surface area (Å²) in [5.41, 5.74) is 5.78. The van der Waals surface area contributed by atoms with Crippen molar-refractivity contribution in [3.8, 4) is 17.0 Å². The normalized spacial score (nSPS) is 13.7. The smallest absolute Gasteiger partial charge is 0.254 e. The number of methoxy groups -OCH3 is 1.